The summed E-state index contributed by atoms with van der Waals surface area (Å²) >= 11 is 0. The van der Waals surface area contributed by atoms with E-state index in [1.807, 2.05) is 6.92 Å². The average Bonchev–Trinajstić information content (AvgIpc) is 2.92. The molecule has 0 aromatic carbocycles. The van der Waals surface area contributed by atoms with Gasteiger partial charge in [0.2, 0.25) is 5.91 Å². The van der Waals surface area contributed by atoms with Crippen molar-refractivity contribution < 1.29 is 4.79 Å². The van der Waals surface area contributed by atoms with Crippen molar-refractivity contribution in [1.29, 1.82) is 0 Å². The van der Waals surface area contributed by atoms with Gasteiger partial charge in [-0.1, -0.05) is 6.92 Å². The Morgan fingerprint density at radius 1 is 1.30 bits per heavy atom. The zero-order valence-corrected chi connectivity index (χ0v) is 12.3. The third-order valence-electron chi connectivity index (χ3n) is 3.61. The van der Waals surface area contributed by atoms with Crippen molar-refractivity contribution in [1.82, 2.24) is 29.9 Å². The molecule has 1 aromatic heterocycles. The summed E-state index contributed by atoms with van der Waals surface area (Å²) in [6.07, 6.45) is 3.16. The summed E-state index contributed by atoms with van der Waals surface area (Å²) in [5, 5.41) is 7.04. The van der Waals surface area contributed by atoms with E-state index in [1.165, 1.54) is 6.33 Å². The zero-order valence-electron chi connectivity index (χ0n) is 12.3. The molecule has 0 spiro atoms. The van der Waals surface area contributed by atoms with Gasteiger partial charge in [0.15, 0.2) is 0 Å². The van der Waals surface area contributed by atoms with Crippen molar-refractivity contribution in [2.45, 2.75) is 26.4 Å². The van der Waals surface area contributed by atoms with Crippen LogP contribution in [0.4, 0.5) is 0 Å². The third kappa shape index (κ3) is 4.57. The highest BCUT2D eigenvalue weighted by atomic mass is 16.2. The Balaban J connectivity index is 1.67. The van der Waals surface area contributed by atoms with Crippen molar-refractivity contribution in [3.05, 3.63) is 12.7 Å². The Kier molecular flexibility index (Phi) is 5.49. The maximum absolute atomic E-state index is 12.0. The van der Waals surface area contributed by atoms with E-state index in [2.05, 4.69) is 32.1 Å². The minimum absolute atomic E-state index is 0.0566. The zero-order chi connectivity index (χ0) is 14.4. The number of piperazine rings is 1. The molecule has 0 bridgehead atoms. The molecule has 0 radical (unpaired) electrons. The molecule has 7 heteroatoms. The van der Waals surface area contributed by atoms with Gasteiger partial charge in [0, 0.05) is 32.2 Å². The monoisotopic (exact) mass is 280 g/mol. The fourth-order valence-corrected chi connectivity index (χ4v) is 2.44. The summed E-state index contributed by atoms with van der Waals surface area (Å²) in [6.45, 7) is 10.4. The van der Waals surface area contributed by atoms with Crippen molar-refractivity contribution in [2.75, 3.05) is 39.3 Å². The van der Waals surface area contributed by atoms with Gasteiger partial charge in [-0.3, -0.25) is 14.4 Å². The molecule has 20 heavy (non-hydrogen) atoms. The van der Waals surface area contributed by atoms with Crippen LogP contribution in [0.5, 0.6) is 0 Å². The number of nitrogens with one attached hydrogen (secondary N) is 1. The number of aromatic nitrogens is 3. The second kappa shape index (κ2) is 7.35. The van der Waals surface area contributed by atoms with E-state index in [0.29, 0.717) is 13.1 Å². The lowest BCUT2D eigenvalue weighted by atomic mass is 10.3. The standard InChI is InChI=1S/C13H24N6O/c1-3-17-4-6-18(7-5-17)9-13(20)16-12(2)8-19-11-14-10-15-19/h10-12H,3-9H2,1-2H3,(H,16,20). The first kappa shape index (κ1) is 14.9. The molecule has 0 saturated carbocycles. The molecule has 1 N–H and O–H groups in total. The van der Waals surface area contributed by atoms with E-state index in [4.69, 9.17) is 0 Å². The number of nitrogens with zero attached hydrogens (tertiary/aromatic N) is 5. The largest absolute Gasteiger partial charge is 0.351 e. The fraction of sp³-hybridized carbons (Fsp3) is 0.769. The van der Waals surface area contributed by atoms with Crippen molar-refractivity contribution in [3.63, 3.8) is 0 Å². The van der Waals surface area contributed by atoms with Gasteiger partial charge in [0.1, 0.15) is 12.7 Å². The Morgan fingerprint density at radius 3 is 2.60 bits per heavy atom. The van der Waals surface area contributed by atoms with Crippen molar-refractivity contribution in [3.8, 4) is 0 Å². The highest BCUT2D eigenvalue weighted by molar-refractivity contribution is 5.78. The van der Waals surface area contributed by atoms with Gasteiger partial charge in [-0.15, -0.1) is 0 Å². The van der Waals surface area contributed by atoms with Crippen LogP contribution in [0.2, 0.25) is 0 Å². The molecule has 1 aliphatic heterocycles. The average molecular weight is 280 g/mol. The molecule has 1 fully saturated rings. The van der Waals surface area contributed by atoms with Gasteiger partial charge in [-0.25, -0.2) is 4.98 Å². The summed E-state index contributed by atoms with van der Waals surface area (Å²) in [7, 11) is 0. The highest BCUT2D eigenvalue weighted by Gasteiger charge is 2.18. The van der Waals surface area contributed by atoms with E-state index < -0.39 is 0 Å². The predicted octanol–water partition coefficient (Wildman–Crippen LogP) is -0.580. The SMILES string of the molecule is CCN1CCN(CC(=O)NC(C)Cn2cncn2)CC1. The number of hydrogen-bond donors (Lipinski definition) is 1. The minimum atomic E-state index is 0.0566. The van der Waals surface area contributed by atoms with Crippen LogP contribution in [0, 0.1) is 0 Å². The van der Waals surface area contributed by atoms with Crippen LogP contribution in [0.1, 0.15) is 13.8 Å². The molecule has 2 heterocycles. The first-order valence-corrected chi connectivity index (χ1v) is 7.24. The minimum Gasteiger partial charge on any atom is -0.351 e. The Morgan fingerprint density at radius 2 is 2.00 bits per heavy atom. The summed E-state index contributed by atoms with van der Waals surface area (Å²) in [6, 6.07) is 0.0566. The van der Waals surface area contributed by atoms with Crippen molar-refractivity contribution >= 4 is 5.91 Å². The summed E-state index contributed by atoms with van der Waals surface area (Å²) in [5.41, 5.74) is 0. The van der Waals surface area contributed by atoms with E-state index in [1.54, 1.807) is 11.0 Å². The van der Waals surface area contributed by atoms with Crippen LogP contribution in [-0.2, 0) is 11.3 Å². The van der Waals surface area contributed by atoms with Crippen LogP contribution >= 0.6 is 0 Å². The van der Waals surface area contributed by atoms with Crippen LogP contribution in [0.15, 0.2) is 12.7 Å². The quantitative estimate of drug-likeness (QED) is 0.755. The molecule has 112 valence electrons. The molecule has 2 rings (SSSR count). The topological polar surface area (TPSA) is 66.3 Å². The first-order chi connectivity index (χ1) is 9.67. The second-order valence-corrected chi connectivity index (χ2v) is 5.30. The molecule has 1 aromatic rings. The van der Waals surface area contributed by atoms with Gasteiger partial charge in [0.25, 0.3) is 0 Å². The first-order valence-electron chi connectivity index (χ1n) is 7.24. The molecule has 7 nitrogen and oxygen atoms in total. The molecule has 0 aliphatic carbocycles. The Hall–Kier alpha value is -1.47. The van der Waals surface area contributed by atoms with Crippen LogP contribution in [0.25, 0.3) is 0 Å². The number of hydrogen-bond acceptors (Lipinski definition) is 5. The number of rotatable bonds is 6. The summed E-state index contributed by atoms with van der Waals surface area (Å²) in [4.78, 5) is 20.5. The second-order valence-electron chi connectivity index (χ2n) is 5.30. The van der Waals surface area contributed by atoms with Crippen LogP contribution in [-0.4, -0.2) is 75.8 Å². The molecule has 1 aliphatic rings. The number of amides is 1. The lowest BCUT2D eigenvalue weighted by Gasteiger charge is -2.33. The van der Waals surface area contributed by atoms with E-state index in [0.717, 1.165) is 32.7 Å². The molecule has 1 saturated heterocycles. The molecular weight excluding hydrogens is 256 g/mol. The predicted molar refractivity (Wildman–Crippen MR) is 76.2 cm³/mol. The van der Waals surface area contributed by atoms with Gasteiger partial charge in [-0.05, 0) is 13.5 Å². The lowest BCUT2D eigenvalue weighted by molar-refractivity contribution is -0.123. The smallest absolute Gasteiger partial charge is 0.234 e. The normalized spacial score (nSPS) is 18.9. The highest BCUT2D eigenvalue weighted by Crippen LogP contribution is 2.00. The van der Waals surface area contributed by atoms with Gasteiger partial charge in [0.05, 0.1) is 13.1 Å². The van der Waals surface area contributed by atoms with Gasteiger partial charge < -0.3 is 10.2 Å². The molecule has 1 amide bonds. The maximum atomic E-state index is 12.0. The summed E-state index contributed by atoms with van der Waals surface area (Å²) in [5.74, 6) is 0.0857. The van der Waals surface area contributed by atoms with Crippen LogP contribution in [0.3, 0.4) is 0 Å². The third-order valence-corrected chi connectivity index (χ3v) is 3.61. The number of likely N-dealkylation sites (N-methyl/N-ethyl adjacent to an activating group) is 1. The van der Waals surface area contributed by atoms with E-state index in [9.17, 15) is 4.79 Å². The Labute approximate surface area is 119 Å². The van der Waals surface area contributed by atoms with E-state index >= 15 is 0 Å². The molecule has 1 unspecified atom stereocenters. The van der Waals surface area contributed by atoms with E-state index in [-0.39, 0.29) is 11.9 Å². The van der Waals surface area contributed by atoms with Gasteiger partial charge in [-0.2, -0.15) is 5.10 Å². The fourth-order valence-electron chi connectivity index (χ4n) is 2.44. The molecular formula is C13H24N6O. The lowest BCUT2D eigenvalue weighted by Crippen LogP contribution is -2.50. The maximum Gasteiger partial charge on any atom is 0.234 e. The Bertz CT molecular complexity index is 399. The van der Waals surface area contributed by atoms with Crippen molar-refractivity contribution in [2.24, 2.45) is 0 Å². The number of carbonyl (C=O) groups excluding carboxylic acids is 1. The number of carbonyl (C=O) groups is 1. The molecule has 1 atom stereocenters. The van der Waals surface area contributed by atoms with Crippen LogP contribution < -0.4 is 5.32 Å². The summed E-state index contributed by atoms with van der Waals surface area (Å²) < 4.78 is 1.73. The van der Waals surface area contributed by atoms with Gasteiger partial charge >= 0.3 is 0 Å².